The molecule has 96 valence electrons. The van der Waals surface area contributed by atoms with Gasteiger partial charge in [0.2, 0.25) is 0 Å². The van der Waals surface area contributed by atoms with Gasteiger partial charge in [0.05, 0.1) is 26.3 Å². The van der Waals surface area contributed by atoms with Crippen molar-refractivity contribution in [3.8, 4) is 6.07 Å². The Morgan fingerprint density at radius 1 is 1.05 bits per heavy atom. The van der Waals surface area contributed by atoms with Crippen LogP contribution in [0, 0.1) is 17.1 Å². The van der Waals surface area contributed by atoms with E-state index in [0.717, 1.165) is 0 Å². The Hall–Kier alpha value is -1.47. The summed E-state index contributed by atoms with van der Waals surface area (Å²) >= 11 is 17.3. The molecule has 0 aromatic heterocycles. The Morgan fingerprint density at radius 2 is 1.68 bits per heavy atom. The van der Waals surface area contributed by atoms with Gasteiger partial charge in [0.15, 0.2) is 5.82 Å². The Kier molecular flexibility index (Phi) is 4.16. The van der Waals surface area contributed by atoms with E-state index in [-0.39, 0.29) is 10.0 Å². The number of rotatable bonds is 2. The fraction of sp³-hybridized carbons (Fsp3) is 0. The summed E-state index contributed by atoms with van der Waals surface area (Å²) in [7, 11) is 0. The molecule has 0 unspecified atom stereocenters. The molecule has 0 aliphatic carbocycles. The third-order valence-electron chi connectivity index (χ3n) is 2.39. The summed E-state index contributed by atoms with van der Waals surface area (Å²) in [5, 5.41) is 12.1. The van der Waals surface area contributed by atoms with Crippen molar-refractivity contribution in [1.82, 2.24) is 0 Å². The molecule has 0 saturated carbocycles. The van der Waals surface area contributed by atoms with Crippen LogP contribution in [0.3, 0.4) is 0 Å². The zero-order chi connectivity index (χ0) is 14.0. The van der Waals surface area contributed by atoms with E-state index in [1.54, 1.807) is 18.2 Å². The SMILES string of the molecule is N#Cc1c(Cl)cccc1Nc1cc(Cl)c(F)c(Cl)c1. The average molecular weight is 316 g/mol. The highest BCUT2D eigenvalue weighted by Crippen LogP contribution is 2.31. The molecule has 0 atom stereocenters. The van der Waals surface area contributed by atoms with E-state index in [1.165, 1.54) is 12.1 Å². The van der Waals surface area contributed by atoms with Crippen LogP contribution in [0.25, 0.3) is 0 Å². The molecule has 0 aliphatic heterocycles. The zero-order valence-electron chi connectivity index (χ0n) is 9.35. The number of hydrogen-bond acceptors (Lipinski definition) is 2. The van der Waals surface area contributed by atoms with Crippen LogP contribution in [0.2, 0.25) is 15.1 Å². The lowest BCUT2D eigenvalue weighted by Gasteiger charge is -2.10. The largest absolute Gasteiger partial charge is 0.354 e. The molecule has 0 aliphatic rings. The number of nitriles is 1. The monoisotopic (exact) mass is 314 g/mol. The van der Waals surface area contributed by atoms with Crippen LogP contribution < -0.4 is 5.32 Å². The first-order valence-electron chi connectivity index (χ1n) is 5.13. The molecular formula is C13H6Cl3FN2. The number of hydrogen-bond donors (Lipinski definition) is 1. The third kappa shape index (κ3) is 2.93. The quantitative estimate of drug-likeness (QED) is 0.753. The summed E-state index contributed by atoms with van der Waals surface area (Å²) in [6.45, 7) is 0. The first kappa shape index (κ1) is 14.0. The van der Waals surface area contributed by atoms with Crippen molar-refractivity contribution in [2.45, 2.75) is 0 Å². The minimum Gasteiger partial charge on any atom is -0.354 e. The minimum absolute atomic E-state index is 0.101. The fourth-order valence-corrected chi connectivity index (χ4v) is 2.23. The first-order valence-corrected chi connectivity index (χ1v) is 6.26. The molecule has 2 nitrogen and oxygen atoms in total. The fourth-order valence-electron chi connectivity index (χ4n) is 1.53. The average Bonchev–Trinajstić information content (AvgIpc) is 2.36. The Bertz CT molecular complexity index is 657. The van der Waals surface area contributed by atoms with Crippen LogP contribution in [-0.2, 0) is 0 Å². The number of halogens is 4. The minimum atomic E-state index is -0.680. The summed E-state index contributed by atoms with van der Waals surface area (Å²) in [6.07, 6.45) is 0. The third-order valence-corrected chi connectivity index (χ3v) is 3.25. The van der Waals surface area contributed by atoms with Crippen molar-refractivity contribution in [2.24, 2.45) is 0 Å². The zero-order valence-corrected chi connectivity index (χ0v) is 11.6. The standard InChI is InChI=1S/C13H6Cl3FN2/c14-9-2-1-3-12(8(9)6-18)19-7-4-10(15)13(17)11(16)5-7/h1-5,19H. The maximum Gasteiger partial charge on any atom is 0.160 e. The molecule has 2 aromatic carbocycles. The van der Waals surface area contributed by atoms with E-state index in [2.05, 4.69) is 5.32 Å². The molecule has 0 spiro atoms. The summed E-state index contributed by atoms with van der Waals surface area (Å²) in [6, 6.07) is 9.73. The Morgan fingerprint density at radius 3 is 2.26 bits per heavy atom. The van der Waals surface area contributed by atoms with Gasteiger partial charge in [-0.05, 0) is 24.3 Å². The second kappa shape index (κ2) is 5.66. The predicted octanol–water partition coefficient (Wildman–Crippen LogP) is 5.40. The lowest BCUT2D eigenvalue weighted by atomic mass is 10.2. The van der Waals surface area contributed by atoms with E-state index in [4.69, 9.17) is 40.1 Å². The van der Waals surface area contributed by atoms with Crippen molar-refractivity contribution in [3.05, 3.63) is 56.8 Å². The van der Waals surface area contributed by atoms with Crippen molar-refractivity contribution < 1.29 is 4.39 Å². The molecule has 0 bridgehead atoms. The lowest BCUT2D eigenvalue weighted by molar-refractivity contribution is 0.629. The molecule has 0 radical (unpaired) electrons. The van der Waals surface area contributed by atoms with E-state index < -0.39 is 5.82 Å². The van der Waals surface area contributed by atoms with Crippen LogP contribution in [0.1, 0.15) is 5.56 Å². The maximum atomic E-state index is 13.3. The van der Waals surface area contributed by atoms with E-state index in [0.29, 0.717) is 22.0 Å². The van der Waals surface area contributed by atoms with Gasteiger partial charge in [0.25, 0.3) is 0 Å². The molecule has 2 aromatic rings. The van der Waals surface area contributed by atoms with E-state index in [1.807, 2.05) is 6.07 Å². The van der Waals surface area contributed by atoms with Crippen LogP contribution in [0.5, 0.6) is 0 Å². The predicted molar refractivity (Wildman–Crippen MR) is 75.9 cm³/mol. The molecule has 2 rings (SSSR count). The number of anilines is 2. The van der Waals surface area contributed by atoms with Crippen molar-refractivity contribution >= 4 is 46.2 Å². The van der Waals surface area contributed by atoms with Crippen LogP contribution >= 0.6 is 34.8 Å². The van der Waals surface area contributed by atoms with Gasteiger partial charge >= 0.3 is 0 Å². The van der Waals surface area contributed by atoms with E-state index >= 15 is 0 Å². The van der Waals surface area contributed by atoms with Gasteiger partial charge in [0.1, 0.15) is 6.07 Å². The molecular weight excluding hydrogens is 310 g/mol. The molecule has 0 saturated heterocycles. The van der Waals surface area contributed by atoms with Gasteiger partial charge < -0.3 is 5.32 Å². The van der Waals surface area contributed by atoms with Gasteiger partial charge in [-0.15, -0.1) is 0 Å². The van der Waals surface area contributed by atoms with E-state index in [9.17, 15) is 4.39 Å². The normalized spacial score (nSPS) is 10.1. The molecule has 6 heteroatoms. The number of nitrogens with zero attached hydrogens (tertiary/aromatic N) is 1. The smallest absolute Gasteiger partial charge is 0.160 e. The summed E-state index contributed by atoms with van der Waals surface area (Å²) in [5.41, 5.74) is 1.25. The first-order chi connectivity index (χ1) is 9.02. The summed E-state index contributed by atoms with van der Waals surface area (Å²) < 4.78 is 13.3. The highest BCUT2D eigenvalue weighted by molar-refractivity contribution is 6.35. The van der Waals surface area contributed by atoms with Crippen molar-refractivity contribution in [2.75, 3.05) is 5.32 Å². The Balaban J connectivity index is 2.43. The van der Waals surface area contributed by atoms with Gasteiger partial charge in [-0.2, -0.15) is 5.26 Å². The molecule has 0 amide bonds. The second-order valence-corrected chi connectivity index (χ2v) is 4.87. The van der Waals surface area contributed by atoms with Gasteiger partial charge in [-0.3, -0.25) is 0 Å². The summed E-state index contributed by atoms with van der Waals surface area (Å²) in [5.74, 6) is -0.680. The molecule has 0 heterocycles. The second-order valence-electron chi connectivity index (χ2n) is 3.65. The van der Waals surface area contributed by atoms with Gasteiger partial charge in [-0.25, -0.2) is 4.39 Å². The highest BCUT2D eigenvalue weighted by Gasteiger charge is 2.10. The van der Waals surface area contributed by atoms with Gasteiger partial charge in [-0.1, -0.05) is 40.9 Å². The Labute approximate surface area is 124 Å². The molecule has 19 heavy (non-hydrogen) atoms. The number of benzene rings is 2. The topological polar surface area (TPSA) is 35.8 Å². The van der Waals surface area contributed by atoms with Gasteiger partial charge in [0, 0.05) is 5.69 Å². The van der Waals surface area contributed by atoms with Crippen LogP contribution in [0.15, 0.2) is 30.3 Å². The number of nitrogens with one attached hydrogen (secondary N) is 1. The lowest BCUT2D eigenvalue weighted by Crippen LogP contribution is -1.95. The van der Waals surface area contributed by atoms with Crippen LogP contribution in [0.4, 0.5) is 15.8 Å². The van der Waals surface area contributed by atoms with Crippen molar-refractivity contribution in [1.29, 1.82) is 5.26 Å². The maximum absolute atomic E-state index is 13.3. The molecule has 1 N–H and O–H groups in total. The van der Waals surface area contributed by atoms with Crippen LogP contribution in [-0.4, -0.2) is 0 Å². The molecule has 0 fully saturated rings. The highest BCUT2D eigenvalue weighted by atomic mass is 35.5. The summed E-state index contributed by atoms with van der Waals surface area (Å²) in [4.78, 5) is 0. The van der Waals surface area contributed by atoms with Crippen molar-refractivity contribution in [3.63, 3.8) is 0 Å².